The standard InChI is InChI=1S/C14H23NSSi/c1-17(2,3)14-6-4-12(5-7-14)10-15-13-8-9-16-11-13/h4-7,13,15H,8-11H2,1-3H3. The highest BCUT2D eigenvalue weighted by Crippen LogP contribution is 2.17. The molecule has 0 aliphatic carbocycles. The quantitative estimate of drug-likeness (QED) is 0.840. The minimum atomic E-state index is -1.13. The van der Waals surface area contributed by atoms with Gasteiger partial charge in [-0.2, -0.15) is 11.8 Å². The van der Waals surface area contributed by atoms with Crippen LogP contribution in [-0.2, 0) is 6.54 Å². The molecule has 0 spiro atoms. The van der Waals surface area contributed by atoms with Crippen molar-refractivity contribution < 1.29 is 0 Å². The average Bonchev–Trinajstić information content (AvgIpc) is 2.78. The molecule has 0 bridgehead atoms. The average molecular weight is 265 g/mol. The van der Waals surface area contributed by atoms with E-state index in [1.165, 1.54) is 23.5 Å². The number of nitrogens with one attached hydrogen (secondary N) is 1. The number of thioether (sulfide) groups is 1. The maximum atomic E-state index is 3.65. The van der Waals surface area contributed by atoms with Crippen LogP contribution >= 0.6 is 11.8 Å². The summed E-state index contributed by atoms with van der Waals surface area (Å²) in [5, 5.41) is 5.20. The molecule has 1 heterocycles. The predicted octanol–water partition coefficient (Wildman–Crippen LogP) is 2.83. The minimum absolute atomic E-state index is 0.733. The van der Waals surface area contributed by atoms with Gasteiger partial charge in [0.2, 0.25) is 0 Å². The van der Waals surface area contributed by atoms with Crippen molar-refractivity contribution in [2.24, 2.45) is 0 Å². The monoisotopic (exact) mass is 265 g/mol. The van der Waals surface area contributed by atoms with Crippen LogP contribution in [0, 0.1) is 0 Å². The molecule has 2 rings (SSSR count). The van der Waals surface area contributed by atoms with Crippen molar-refractivity contribution >= 4 is 25.0 Å². The molecular formula is C14H23NSSi. The maximum Gasteiger partial charge on any atom is 0.0775 e. The van der Waals surface area contributed by atoms with Gasteiger partial charge in [0.15, 0.2) is 0 Å². The molecule has 1 aromatic carbocycles. The summed E-state index contributed by atoms with van der Waals surface area (Å²) in [6, 6.07) is 9.97. The molecule has 1 aromatic rings. The van der Waals surface area contributed by atoms with Gasteiger partial charge < -0.3 is 5.32 Å². The number of benzene rings is 1. The van der Waals surface area contributed by atoms with E-state index in [1.807, 2.05) is 0 Å². The van der Waals surface area contributed by atoms with Crippen LogP contribution in [-0.4, -0.2) is 25.6 Å². The highest BCUT2D eigenvalue weighted by atomic mass is 32.2. The Bertz CT molecular complexity index is 349. The molecule has 1 unspecified atom stereocenters. The fourth-order valence-corrected chi connectivity index (χ4v) is 4.43. The molecule has 3 heteroatoms. The second-order valence-corrected chi connectivity index (χ2v) is 12.1. The summed E-state index contributed by atoms with van der Waals surface area (Å²) in [5.41, 5.74) is 1.42. The molecule has 0 amide bonds. The van der Waals surface area contributed by atoms with Gasteiger partial charge in [0, 0.05) is 18.3 Å². The first-order valence-corrected chi connectivity index (χ1v) is 11.1. The first-order chi connectivity index (χ1) is 8.05. The van der Waals surface area contributed by atoms with Crippen LogP contribution in [0.4, 0.5) is 0 Å². The SMILES string of the molecule is C[Si](C)(C)c1ccc(CNC2CCSC2)cc1. The summed E-state index contributed by atoms with van der Waals surface area (Å²) in [4.78, 5) is 0. The van der Waals surface area contributed by atoms with Crippen LogP contribution < -0.4 is 10.5 Å². The smallest absolute Gasteiger partial charge is 0.0775 e. The van der Waals surface area contributed by atoms with E-state index >= 15 is 0 Å². The van der Waals surface area contributed by atoms with Gasteiger partial charge in [-0.15, -0.1) is 0 Å². The summed E-state index contributed by atoms with van der Waals surface area (Å²) < 4.78 is 0. The van der Waals surface area contributed by atoms with Gasteiger partial charge in [-0.25, -0.2) is 0 Å². The van der Waals surface area contributed by atoms with Gasteiger partial charge in [-0.1, -0.05) is 49.1 Å². The summed E-state index contributed by atoms with van der Waals surface area (Å²) in [6.45, 7) is 8.22. The van der Waals surface area contributed by atoms with Crippen molar-refractivity contribution in [2.75, 3.05) is 11.5 Å². The van der Waals surface area contributed by atoms with E-state index in [9.17, 15) is 0 Å². The van der Waals surface area contributed by atoms with E-state index in [1.54, 1.807) is 5.19 Å². The molecule has 0 radical (unpaired) electrons. The topological polar surface area (TPSA) is 12.0 Å². The van der Waals surface area contributed by atoms with Gasteiger partial charge in [0.05, 0.1) is 8.07 Å². The Morgan fingerprint density at radius 2 is 1.94 bits per heavy atom. The van der Waals surface area contributed by atoms with Crippen LogP contribution in [0.25, 0.3) is 0 Å². The Morgan fingerprint density at radius 3 is 2.47 bits per heavy atom. The fraction of sp³-hybridized carbons (Fsp3) is 0.571. The predicted molar refractivity (Wildman–Crippen MR) is 82.0 cm³/mol. The lowest BCUT2D eigenvalue weighted by atomic mass is 10.2. The normalized spacial score (nSPS) is 20.8. The Hall–Kier alpha value is -0.253. The molecule has 1 atom stereocenters. The second-order valence-electron chi connectivity index (χ2n) is 5.89. The van der Waals surface area contributed by atoms with E-state index in [0.29, 0.717) is 0 Å². The lowest BCUT2D eigenvalue weighted by Crippen LogP contribution is -2.37. The van der Waals surface area contributed by atoms with Gasteiger partial charge in [-0.3, -0.25) is 0 Å². The first kappa shape index (κ1) is 13.2. The third-order valence-electron chi connectivity index (χ3n) is 3.34. The molecule has 0 aromatic heterocycles. The summed E-state index contributed by atoms with van der Waals surface area (Å²) in [7, 11) is -1.13. The zero-order valence-corrected chi connectivity index (χ0v) is 12.9. The fourth-order valence-electron chi connectivity index (χ4n) is 2.08. The van der Waals surface area contributed by atoms with Crippen molar-refractivity contribution in [1.29, 1.82) is 0 Å². The van der Waals surface area contributed by atoms with Gasteiger partial charge in [0.25, 0.3) is 0 Å². The Kier molecular flexibility index (Phi) is 4.34. The van der Waals surface area contributed by atoms with Crippen LogP contribution in [0.3, 0.4) is 0 Å². The van der Waals surface area contributed by atoms with Crippen LogP contribution in [0.2, 0.25) is 19.6 Å². The van der Waals surface area contributed by atoms with Crippen molar-refractivity contribution in [2.45, 2.75) is 38.6 Å². The lowest BCUT2D eigenvalue weighted by molar-refractivity contribution is 0.558. The third-order valence-corrected chi connectivity index (χ3v) is 6.57. The third kappa shape index (κ3) is 3.87. The van der Waals surface area contributed by atoms with Crippen molar-refractivity contribution in [3.8, 4) is 0 Å². The Labute approximate surface area is 110 Å². The molecule has 1 N–H and O–H groups in total. The molecule has 1 aliphatic heterocycles. The molecule has 1 fully saturated rings. The summed E-state index contributed by atoms with van der Waals surface area (Å²) >= 11 is 2.07. The minimum Gasteiger partial charge on any atom is -0.309 e. The van der Waals surface area contributed by atoms with Crippen molar-refractivity contribution in [3.05, 3.63) is 29.8 Å². The number of hydrogen-bond acceptors (Lipinski definition) is 2. The zero-order valence-electron chi connectivity index (χ0n) is 11.1. The zero-order chi connectivity index (χ0) is 12.3. The summed E-state index contributed by atoms with van der Waals surface area (Å²) in [6.07, 6.45) is 1.33. The molecular weight excluding hydrogens is 242 g/mol. The van der Waals surface area contributed by atoms with E-state index in [0.717, 1.165) is 12.6 Å². The number of hydrogen-bond donors (Lipinski definition) is 1. The van der Waals surface area contributed by atoms with E-state index < -0.39 is 8.07 Å². The number of rotatable bonds is 4. The highest BCUT2D eigenvalue weighted by molar-refractivity contribution is 7.99. The van der Waals surface area contributed by atoms with Crippen LogP contribution in [0.5, 0.6) is 0 Å². The van der Waals surface area contributed by atoms with Gasteiger partial charge in [-0.05, 0) is 17.7 Å². The molecule has 1 aliphatic rings. The molecule has 1 nitrogen and oxygen atoms in total. The maximum absolute atomic E-state index is 3.65. The largest absolute Gasteiger partial charge is 0.309 e. The molecule has 94 valence electrons. The van der Waals surface area contributed by atoms with Gasteiger partial charge in [0.1, 0.15) is 0 Å². The van der Waals surface area contributed by atoms with Crippen molar-refractivity contribution in [1.82, 2.24) is 5.32 Å². The lowest BCUT2D eigenvalue weighted by Gasteiger charge is -2.17. The highest BCUT2D eigenvalue weighted by Gasteiger charge is 2.16. The Balaban J connectivity index is 1.89. The molecule has 1 saturated heterocycles. The van der Waals surface area contributed by atoms with Gasteiger partial charge >= 0.3 is 0 Å². The van der Waals surface area contributed by atoms with E-state index in [-0.39, 0.29) is 0 Å². The summed E-state index contributed by atoms with van der Waals surface area (Å²) in [5.74, 6) is 2.61. The van der Waals surface area contributed by atoms with Crippen LogP contribution in [0.15, 0.2) is 24.3 Å². The second kappa shape index (κ2) is 5.59. The van der Waals surface area contributed by atoms with Crippen LogP contribution in [0.1, 0.15) is 12.0 Å². The van der Waals surface area contributed by atoms with E-state index in [4.69, 9.17) is 0 Å². The Morgan fingerprint density at radius 1 is 1.24 bits per heavy atom. The molecule has 0 saturated carbocycles. The van der Waals surface area contributed by atoms with E-state index in [2.05, 4.69) is 61.0 Å². The van der Waals surface area contributed by atoms with Crippen molar-refractivity contribution in [3.63, 3.8) is 0 Å². The molecule has 17 heavy (non-hydrogen) atoms. The first-order valence-electron chi connectivity index (χ1n) is 6.46.